The van der Waals surface area contributed by atoms with Crippen LogP contribution >= 0.6 is 0 Å². The van der Waals surface area contributed by atoms with E-state index in [1.165, 1.54) is 22.3 Å². The lowest BCUT2D eigenvalue weighted by atomic mass is 9.72. The fraction of sp³-hybridized carbons (Fsp3) is 0.400. The summed E-state index contributed by atoms with van der Waals surface area (Å²) in [5.41, 5.74) is 5.89. The fourth-order valence-electron chi connectivity index (χ4n) is 2.84. The second-order valence-corrected chi connectivity index (χ2v) is 7.59. The smallest absolute Gasteiger partial charge is 0.0123 e. The molecule has 0 spiro atoms. The first-order valence-electron chi connectivity index (χ1n) is 7.40. The molecule has 0 bridgehead atoms. The first-order valence-corrected chi connectivity index (χ1v) is 7.40. The summed E-state index contributed by atoms with van der Waals surface area (Å²) in [6.07, 6.45) is 0. The van der Waals surface area contributed by atoms with E-state index in [2.05, 4.69) is 90.1 Å². The molecule has 2 rings (SSSR count). The van der Waals surface area contributed by atoms with Crippen molar-refractivity contribution in [2.45, 2.75) is 52.4 Å². The molecule has 2 aromatic carbocycles. The number of benzene rings is 2. The molecule has 0 fully saturated rings. The van der Waals surface area contributed by atoms with Crippen LogP contribution in [0.5, 0.6) is 0 Å². The predicted molar refractivity (Wildman–Crippen MR) is 89.3 cm³/mol. The first-order chi connectivity index (χ1) is 9.21. The van der Waals surface area contributed by atoms with Gasteiger partial charge < -0.3 is 0 Å². The fourth-order valence-corrected chi connectivity index (χ4v) is 2.84. The zero-order chi connectivity index (χ0) is 15.0. The van der Waals surface area contributed by atoms with Gasteiger partial charge in [0.05, 0.1) is 0 Å². The molecule has 0 aliphatic carbocycles. The molecule has 0 heterocycles. The molecule has 0 aliphatic rings. The van der Waals surface area contributed by atoms with Crippen molar-refractivity contribution in [3.05, 3.63) is 59.7 Å². The molecule has 0 atom stereocenters. The third kappa shape index (κ3) is 2.95. The van der Waals surface area contributed by atoms with E-state index in [-0.39, 0.29) is 10.8 Å². The van der Waals surface area contributed by atoms with Crippen molar-refractivity contribution in [2.75, 3.05) is 0 Å². The lowest BCUT2D eigenvalue weighted by Crippen LogP contribution is -2.22. The Hall–Kier alpha value is -1.56. The van der Waals surface area contributed by atoms with Gasteiger partial charge in [0.2, 0.25) is 0 Å². The standard InChI is InChI=1S/C20H26/c1-19(2,3)17-14-10-13-16(18(17)20(4,5)6)15-11-8-7-9-12-15/h7-14H,1-6H3. The average Bonchev–Trinajstić information content (AvgIpc) is 2.37. The molecule has 0 unspecified atom stereocenters. The SMILES string of the molecule is CC(C)(C)c1cccc(-c2ccccc2)c1C(C)(C)C. The lowest BCUT2D eigenvalue weighted by Gasteiger charge is -2.32. The van der Waals surface area contributed by atoms with Crippen molar-refractivity contribution in [1.82, 2.24) is 0 Å². The van der Waals surface area contributed by atoms with Crippen LogP contribution in [0.25, 0.3) is 11.1 Å². The Morgan fingerprint density at radius 3 is 1.70 bits per heavy atom. The minimum Gasteiger partial charge on any atom is -0.0622 e. The highest BCUT2D eigenvalue weighted by Gasteiger charge is 2.27. The summed E-state index contributed by atoms with van der Waals surface area (Å²) in [7, 11) is 0. The lowest BCUT2D eigenvalue weighted by molar-refractivity contribution is 0.531. The minimum absolute atomic E-state index is 0.134. The van der Waals surface area contributed by atoms with Gasteiger partial charge in [-0.05, 0) is 33.1 Å². The van der Waals surface area contributed by atoms with Crippen molar-refractivity contribution >= 4 is 0 Å². The van der Waals surface area contributed by atoms with E-state index >= 15 is 0 Å². The molecule has 0 aromatic heterocycles. The molecule has 2 aromatic rings. The molecular weight excluding hydrogens is 240 g/mol. The van der Waals surface area contributed by atoms with E-state index in [0.29, 0.717) is 0 Å². The molecule has 0 amide bonds. The van der Waals surface area contributed by atoms with Gasteiger partial charge in [0.1, 0.15) is 0 Å². The molecule has 20 heavy (non-hydrogen) atoms. The van der Waals surface area contributed by atoms with Crippen molar-refractivity contribution in [1.29, 1.82) is 0 Å². The maximum atomic E-state index is 2.31. The number of hydrogen-bond donors (Lipinski definition) is 0. The van der Waals surface area contributed by atoms with E-state index in [9.17, 15) is 0 Å². The molecule has 0 N–H and O–H groups in total. The highest BCUT2D eigenvalue weighted by atomic mass is 14.3. The van der Waals surface area contributed by atoms with Crippen molar-refractivity contribution in [3.63, 3.8) is 0 Å². The van der Waals surface area contributed by atoms with Crippen LogP contribution in [0.3, 0.4) is 0 Å². The van der Waals surface area contributed by atoms with E-state index in [1.54, 1.807) is 0 Å². The molecule has 0 radical (unpaired) electrons. The molecular formula is C20H26. The van der Waals surface area contributed by atoms with Gasteiger partial charge in [0.25, 0.3) is 0 Å². The summed E-state index contributed by atoms with van der Waals surface area (Å²) in [5.74, 6) is 0. The molecule has 0 aliphatic heterocycles. The Morgan fingerprint density at radius 2 is 1.20 bits per heavy atom. The number of hydrogen-bond acceptors (Lipinski definition) is 0. The van der Waals surface area contributed by atoms with Gasteiger partial charge in [0.15, 0.2) is 0 Å². The minimum atomic E-state index is 0.134. The Bertz CT molecular complexity index is 578. The van der Waals surface area contributed by atoms with Gasteiger partial charge in [-0.2, -0.15) is 0 Å². The largest absolute Gasteiger partial charge is 0.0622 e. The van der Waals surface area contributed by atoms with Crippen LogP contribution in [0.4, 0.5) is 0 Å². The highest BCUT2D eigenvalue weighted by Crippen LogP contribution is 2.40. The zero-order valence-corrected chi connectivity index (χ0v) is 13.6. The summed E-state index contributed by atoms with van der Waals surface area (Å²) in [6, 6.07) is 17.5. The summed E-state index contributed by atoms with van der Waals surface area (Å²) in [4.78, 5) is 0. The maximum absolute atomic E-state index is 2.31. The average molecular weight is 266 g/mol. The van der Waals surface area contributed by atoms with Crippen molar-refractivity contribution in [3.8, 4) is 11.1 Å². The van der Waals surface area contributed by atoms with E-state index in [0.717, 1.165) is 0 Å². The second kappa shape index (κ2) is 5.09. The van der Waals surface area contributed by atoms with Crippen LogP contribution < -0.4 is 0 Å². The Labute approximate surface area is 123 Å². The van der Waals surface area contributed by atoms with Crippen LogP contribution in [-0.4, -0.2) is 0 Å². The highest BCUT2D eigenvalue weighted by molar-refractivity contribution is 5.71. The van der Waals surface area contributed by atoms with E-state index < -0.39 is 0 Å². The van der Waals surface area contributed by atoms with Crippen LogP contribution in [0.1, 0.15) is 52.7 Å². The Balaban J connectivity index is 2.77. The van der Waals surface area contributed by atoms with Gasteiger partial charge in [-0.25, -0.2) is 0 Å². The molecule has 0 heteroatoms. The van der Waals surface area contributed by atoms with Gasteiger partial charge in [-0.3, -0.25) is 0 Å². The van der Waals surface area contributed by atoms with Crippen molar-refractivity contribution in [2.24, 2.45) is 0 Å². The molecule has 0 nitrogen and oxygen atoms in total. The van der Waals surface area contributed by atoms with Crippen LogP contribution in [0.15, 0.2) is 48.5 Å². The summed E-state index contributed by atoms with van der Waals surface area (Å²) in [5, 5.41) is 0. The third-order valence-electron chi connectivity index (χ3n) is 3.71. The van der Waals surface area contributed by atoms with E-state index in [4.69, 9.17) is 0 Å². The van der Waals surface area contributed by atoms with E-state index in [1.807, 2.05) is 0 Å². The second-order valence-electron chi connectivity index (χ2n) is 7.59. The Kier molecular flexibility index (Phi) is 3.77. The summed E-state index contributed by atoms with van der Waals surface area (Å²) in [6.45, 7) is 13.8. The Morgan fingerprint density at radius 1 is 0.600 bits per heavy atom. The zero-order valence-electron chi connectivity index (χ0n) is 13.6. The van der Waals surface area contributed by atoms with Gasteiger partial charge in [0, 0.05) is 0 Å². The van der Waals surface area contributed by atoms with Crippen LogP contribution in [-0.2, 0) is 10.8 Å². The third-order valence-corrected chi connectivity index (χ3v) is 3.71. The molecule has 106 valence electrons. The van der Waals surface area contributed by atoms with Crippen LogP contribution in [0.2, 0.25) is 0 Å². The topological polar surface area (TPSA) is 0 Å². The quantitative estimate of drug-likeness (QED) is 0.598. The molecule has 0 saturated carbocycles. The first kappa shape index (κ1) is 14.8. The van der Waals surface area contributed by atoms with Gasteiger partial charge in [-0.15, -0.1) is 0 Å². The molecule has 0 saturated heterocycles. The summed E-state index contributed by atoms with van der Waals surface area (Å²) < 4.78 is 0. The monoisotopic (exact) mass is 266 g/mol. The van der Waals surface area contributed by atoms with Crippen LogP contribution in [0, 0.1) is 0 Å². The predicted octanol–water partition coefficient (Wildman–Crippen LogP) is 5.95. The van der Waals surface area contributed by atoms with Crippen molar-refractivity contribution < 1.29 is 0 Å². The van der Waals surface area contributed by atoms with Gasteiger partial charge in [-0.1, -0.05) is 90.1 Å². The normalized spacial score (nSPS) is 12.5. The van der Waals surface area contributed by atoms with Gasteiger partial charge >= 0.3 is 0 Å². The number of rotatable bonds is 1. The maximum Gasteiger partial charge on any atom is -0.0123 e. The summed E-state index contributed by atoms with van der Waals surface area (Å²) >= 11 is 0.